The summed E-state index contributed by atoms with van der Waals surface area (Å²) < 4.78 is 35.5. The summed E-state index contributed by atoms with van der Waals surface area (Å²) in [4.78, 5) is 53.6. The van der Waals surface area contributed by atoms with Crippen LogP contribution in [0, 0.1) is 21.4 Å². The van der Waals surface area contributed by atoms with Crippen LogP contribution in [0.4, 0.5) is 33.2 Å². The van der Waals surface area contributed by atoms with Crippen molar-refractivity contribution in [1.29, 1.82) is 0 Å². The molecular formula is C48H54ClN9O7S. The first-order chi connectivity index (χ1) is 31.7. The molecule has 0 unspecified atom stereocenters. The molecule has 0 spiro atoms. The van der Waals surface area contributed by atoms with Gasteiger partial charge in [-0.3, -0.25) is 24.7 Å². The Morgan fingerprint density at radius 1 is 0.985 bits per heavy atom. The average Bonchev–Trinajstić information content (AvgIpc) is 3.70. The van der Waals surface area contributed by atoms with Crippen molar-refractivity contribution in [2.75, 3.05) is 74.1 Å². The van der Waals surface area contributed by atoms with E-state index in [0.717, 1.165) is 68.9 Å². The number of piperazine rings is 1. The maximum Gasteiger partial charge on any atom is 0.326 e. The number of carbonyl (C=O) groups excluding carboxylic acids is 2. The van der Waals surface area contributed by atoms with E-state index in [0.29, 0.717) is 61.3 Å². The van der Waals surface area contributed by atoms with E-state index < -0.39 is 37.5 Å². The number of pyridine rings is 1. The number of nitro benzene ring substituents is 1. The molecule has 0 bridgehead atoms. The Hall–Kier alpha value is -6.01. The molecule has 0 atom stereocenters. The Bertz CT molecular complexity index is 2820. The standard InChI is InChI=1S/C48H54ClN9O7S/c1-48(2)16-11-34(39(28-48)32-3-5-35(49)6-4-32)30-55-19-21-56(22-20-55)36-7-9-38(42(26-36)57-43-25-33-12-17-50-45(33)53-41(43)13-18-51-47(57)60)46(59)54-66(63,64)37-8-10-40(44(27-37)58(61)62)52-29-31-14-23-65-24-15-31/h3-10,12,17,25-27,31,52H,11,13-16,18-24,28-30H2,1-2H3,(H,50,53)(H,51,60)(H,54,59). The molecule has 0 saturated carbocycles. The molecule has 18 heteroatoms. The number of nitro groups is 1. The fourth-order valence-corrected chi connectivity index (χ4v) is 10.6. The van der Waals surface area contributed by atoms with Crippen molar-refractivity contribution in [3.8, 4) is 0 Å². The van der Waals surface area contributed by atoms with Gasteiger partial charge in [-0.05, 0) is 109 Å². The summed E-state index contributed by atoms with van der Waals surface area (Å²) in [7, 11) is -4.65. The minimum atomic E-state index is -4.65. The van der Waals surface area contributed by atoms with Crippen LogP contribution in [0.25, 0.3) is 16.6 Å². The molecular weight excluding hydrogens is 882 g/mol. The molecule has 66 heavy (non-hydrogen) atoms. The maximum absolute atomic E-state index is 14.4. The third-order valence-corrected chi connectivity index (χ3v) is 14.9. The highest BCUT2D eigenvalue weighted by molar-refractivity contribution is 7.90. The van der Waals surface area contributed by atoms with Gasteiger partial charge in [0.05, 0.1) is 32.5 Å². The molecule has 2 aromatic heterocycles. The van der Waals surface area contributed by atoms with E-state index in [-0.39, 0.29) is 34.8 Å². The first kappa shape index (κ1) is 45.2. The van der Waals surface area contributed by atoms with Gasteiger partial charge in [-0.2, -0.15) is 0 Å². The van der Waals surface area contributed by atoms with Crippen LogP contribution in [-0.2, 0) is 21.2 Å². The zero-order chi connectivity index (χ0) is 46.2. The van der Waals surface area contributed by atoms with Gasteiger partial charge in [-0.1, -0.05) is 43.2 Å². The van der Waals surface area contributed by atoms with Crippen molar-refractivity contribution in [3.63, 3.8) is 0 Å². The van der Waals surface area contributed by atoms with E-state index >= 15 is 0 Å². The Balaban J connectivity index is 1.00. The number of rotatable bonds is 12. The lowest BCUT2D eigenvalue weighted by molar-refractivity contribution is -0.384. The van der Waals surface area contributed by atoms with Crippen LogP contribution in [0.1, 0.15) is 67.6 Å². The molecule has 2 fully saturated rings. The molecule has 3 aliphatic heterocycles. The number of urea groups is 1. The van der Waals surface area contributed by atoms with Crippen LogP contribution in [-0.4, -0.2) is 99.2 Å². The Morgan fingerprint density at radius 3 is 2.52 bits per heavy atom. The summed E-state index contributed by atoms with van der Waals surface area (Å²) in [6, 6.07) is 19.9. The number of carbonyl (C=O) groups is 2. The number of allylic oxidation sites excluding steroid dienone is 1. The van der Waals surface area contributed by atoms with Crippen LogP contribution >= 0.6 is 11.6 Å². The van der Waals surface area contributed by atoms with Gasteiger partial charge in [-0.25, -0.2) is 22.9 Å². The highest BCUT2D eigenvalue weighted by Crippen LogP contribution is 2.44. The molecule has 346 valence electrons. The number of nitrogens with zero attached hydrogens (tertiary/aromatic N) is 5. The smallest absolute Gasteiger partial charge is 0.326 e. The van der Waals surface area contributed by atoms with Gasteiger partial charge in [0, 0.05) is 93.8 Å². The fraction of sp³-hybridized carbons (Fsp3) is 0.396. The van der Waals surface area contributed by atoms with Crippen molar-refractivity contribution in [3.05, 3.63) is 117 Å². The summed E-state index contributed by atoms with van der Waals surface area (Å²) in [6.45, 7) is 10.4. The topological polar surface area (TPSA) is 195 Å². The van der Waals surface area contributed by atoms with Crippen molar-refractivity contribution in [2.24, 2.45) is 11.3 Å². The molecule has 3 aromatic carbocycles. The van der Waals surface area contributed by atoms with Gasteiger partial charge < -0.3 is 25.3 Å². The molecule has 4 aliphatic rings. The minimum absolute atomic E-state index is 0.0933. The predicted molar refractivity (Wildman–Crippen MR) is 256 cm³/mol. The van der Waals surface area contributed by atoms with Crippen LogP contribution < -0.4 is 25.2 Å². The van der Waals surface area contributed by atoms with Crippen LogP contribution in [0.2, 0.25) is 5.02 Å². The summed E-state index contributed by atoms with van der Waals surface area (Å²) in [5.74, 6) is -0.762. The number of halogens is 1. The van der Waals surface area contributed by atoms with Crippen molar-refractivity contribution in [1.82, 2.24) is 24.9 Å². The first-order valence-electron chi connectivity index (χ1n) is 22.5. The van der Waals surface area contributed by atoms with E-state index in [2.05, 4.69) is 56.1 Å². The van der Waals surface area contributed by atoms with E-state index in [1.54, 1.807) is 18.3 Å². The number of nitrogens with one attached hydrogen (secondary N) is 4. The number of fused-ring (bicyclic) bond motifs is 2. The lowest BCUT2D eigenvalue weighted by atomic mass is 9.72. The van der Waals surface area contributed by atoms with Gasteiger partial charge in [-0.15, -0.1) is 0 Å². The number of benzene rings is 3. The first-order valence-corrected chi connectivity index (χ1v) is 24.4. The third kappa shape index (κ3) is 9.75. The number of ether oxygens (including phenoxy) is 1. The number of H-pyrrole nitrogens is 1. The summed E-state index contributed by atoms with van der Waals surface area (Å²) in [5.41, 5.74) is 6.50. The van der Waals surface area contributed by atoms with E-state index in [4.69, 9.17) is 21.3 Å². The van der Waals surface area contributed by atoms with Crippen molar-refractivity contribution in [2.45, 2.75) is 57.3 Å². The number of amides is 3. The van der Waals surface area contributed by atoms with Gasteiger partial charge >= 0.3 is 6.03 Å². The Kier molecular flexibility index (Phi) is 12.8. The van der Waals surface area contributed by atoms with Crippen molar-refractivity contribution < 1.29 is 27.7 Å². The Morgan fingerprint density at radius 2 is 1.76 bits per heavy atom. The third-order valence-electron chi connectivity index (χ3n) is 13.3. The molecule has 4 N–H and O–H groups in total. The molecule has 0 radical (unpaired) electrons. The lowest BCUT2D eigenvalue weighted by Gasteiger charge is -2.39. The highest BCUT2D eigenvalue weighted by Gasteiger charge is 2.33. The fourth-order valence-electron chi connectivity index (χ4n) is 9.51. The number of anilines is 4. The SMILES string of the molecule is CC1(C)CCC(CN2CCN(c3ccc(C(=O)NS(=O)(=O)c4ccc(NCC5CCOCC5)c([N+](=O)[O-])c4)c(N4C(=O)NCCc5nc6[nH]ccc6cc54)c3)CC2)=C(c2ccc(Cl)cc2)C1. The van der Waals surface area contributed by atoms with Crippen LogP contribution in [0.15, 0.2) is 89.5 Å². The molecule has 3 amide bonds. The molecule has 2 saturated heterocycles. The number of aromatic nitrogens is 2. The second-order valence-electron chi connectivity index (χ2n) is 18.4. The summed E-state index contributed by atoms with van der Waals surface area (Å²) in [5, 5.41) is 19.7. The molecule has 5 aromatic rings. The summed E-state index contributed by atoms with van der Waals surface area (Å²) in [6.07, 6.45) is 6.91. The number of hydrogen-bond donors (Lipinski definition) is 4. The second-order valence-corrected chi connectivity index (χ2v) is 20.5. The zero-order valence-electron chi connectivity index (χ0n) is 37.1. The van der Waals surface area contributed by atoms with Gasteiger partial charge in [0.25, 0.3) is 21.6 Å². The van der Waals surface area contributed by atoms with E-state index in [1.807, 2.05) is 24.3 Å². The average molecular weight is 937 g/mol. The highest BCUT2D eigenvalue weighted by atomic mass is 35.5. The number of aromatic amines is 1. The number of hydrogen-bond acceptors (Lipinski definition) is 11. The van der Waals surface area contributed by atoms with Gasteiger partial charge in [0.1, 0.15) is 11.3 Å². The molecule has 9 rings (SSSR count). The van der Waals surface area contributed by atoms with E-state index in [1.165, 1.54) is 39.8 Å². The largest absolute Gasteiger partial charge is 0.381 e. The van der Waals surface area contributed by atoms with Gasteiger partial charge in [0.15, 0.2) is 0 Å². The second kappa shape index (κ2) is 18.7. The normalized spacial score (nSPS) is 18.4. The lowest BCUT2D eigenvalue weighted by Crippen LogP contribution is -2.47. The van der Waals surface area contributed by atoms with Crippen LogP contribution in [0.5, 0.6) is 0 Å². The molecule has 1 aliphatic carbocycles. The molecule has 5 heterocycles. The Labute approximate surface area is 388 Å². The maximum atomic E-state index is 14.4. The zero-order valence-corrected chi connectivity index (χ0v) is 38.6. The van der Waals surface area contributed by atoms with Crippen molar-refractivity contribution >= 4 is 78.6 Å². The quantitative estimate of drug-likeness (QED) is 0.0695. The monoisotopic (exact) mass is 935 g/mol. The number of sulfonamides is 1. The predicted octanol–water partition coefficient (Wildman–Crippen LogP) is 8.27. The van der Waals surface area contributed by atoms with E-state index in [9.17, 15) is 28.1 Å². The summed E-state index contributed by atoms with van der Waals surface area (Å²) >= 11 is 6.26. The molecule has 16 nitrogen and oxygen atoms in total. The van der Waals surface area contributed by atoms with Gasteiger partial charge in [0.2, 0.25) is 0 Å². The minimum Gasteiger partial charge on any atom is -0.381 e. The van der Waals surface area contributed by atoms with Crippen LogP contribution in [0.3, 0.4) is 0 Å².